The highest BCUT2D eigenvalue weighted by Gasteiger charge is 2.47. The zero-order valence-corrected chi connectivity index (χ0v) is 25.8. The Bertz CT molecular complexity index is 1750. The monoisotopic (exact) mass is 641 g/mol. The van der Waals surface area contributed by atoms with Gasteiger partial charge in [-0.15, -0.1) is 0 Å². The standard InChI is InChI=1S/C31H33F2N5O6S/c1-30(2,3)44-29(41)36-12-4-14-45(42,43)23-8-5-20(6-9-23)21-7-10-26-25(15-21)24(11-13-35-26)28(40)37-18-27(39)38-19-31(32,33)16-22(38)17-34/h5-11,13,15,22H,4,12,14,16,18-19H2,1-3H3,(H,36,41)(H,37,40)/t22-/m0/s1. The third-order valence-electron chi connectivity index (χ3n) is 6.93. The molecular formula is C31H33F2N5O6S. The highest BCUT2D eigenvalue weighted by atomic mass is 32.2. The predicted octanol–water partition coefficient (Wildman–Crippen LogP) is 4.08. The molecule has 14 heteroatoms. The van der Waals surface area contributed by atoms with E-state index in [0.717, 1.165) is 4.90 Å². The van der Waals surface area contributed by atoms with Gasteiger partial charge >= 0.3 is 6.09 Å². The molecule has 0 aliphatic carbocycles. The summed E-state index contributed by atoms with van der Waals surface area (Å²) in [5.41, 5.74) is 1.36. The van der Waals surface area contributed by atoms with Crippen molar-refractivity contribution in [3.63, 3.8) is 0 Å². The lowest BCUT2D eigenvalue weighted by Gasteiger charge is -2.19. The number of rotatable bonds is 9. The second-order valence-corrected chi connectivity index (χ2v) is 13.7. The number of alkyl carbamates (subject to hydrolysis) is 1. The van der Waals surface area contributed by atoms with Crippen molar-refractivity contribution >= 4 is 38.6 Å². The van der Waals surface area contributed by atoms with Crippen molar-refractivity contribution in [3.8, 4) is 17.2 Å². The van der Waals surface area contributed by atoms with E-state index < -0.39 is 64.8 Å². The number of carbonyl (C=O) groups excluding carboxylic acids is 3. The molecule has 1 aliphatic rings. The normalized spacial score (nSPS) is 16.2. The topological polar surface area (TPSA) is 159 Å². The first kappa shape index (κ1) is 33.3. The van der Waals surface area contributed by atoms with Gasteiger partial charge in [0.1, 0.15) is 11.6 Å². The van der Waals surface area contributed by atoms with E-state index in [-0.39, 0.29) is 29.2 Å². The van der Waals surface area contributed by atoms with Crippen LogP contribution in [0.3, 0.4) is 0 Å². The van der Waals surface area contributed by atoms with E-state index in [1.807, 2.05) is 0 Å². The molecule has 11 nitrogen and oxygen atoms in total. The third kappa shape index (κ3) is 8.51. The Morgan fingerprint density at radius 2 is 1.78 bits per heavy atom. The molecule has 0 unspecified atom stereocenters. The molecule has 2 heterocycles. The Morgan fingerprint density at radius 3 is 2.44 bits per heavy atom. The lowest BCUT2D eigenvalue weighted by molar-refractivity contribution is -0.131. The molecule has 0 spiro atoms. The van der Waals surface area contributed by atoms with E-state index in [1.165, 1.54) is 24.4 Å². The zero-order valence-electron chi connectivity index (χ0n) is 25.0. The minimum absolute atomic E-state index is 0.116. The minimum Gasteiger partial charge on any atom is -0.444 e. The van der Waals surface area contributed by atoms with Crippen LogP contribution in [-0.4, -0.2) is 79.2 Å². The van der Waals surface area contributed by atoms with Crippen molar-refractivity contribution in [1.82, 2.24) is 20.5 Å². The van der Waals surface area contributed by atoms with E-state index in [9.17, 15) is 31.6 Å². The molecule has 0 bridgehead atoms. The van der Waals surface area contributed by atoms with E-state index in [2.05, 4.69) is 15.6 Å². The number of benzene rings is 2. The molecule has 1 aliphatic heterocycles. The van der Waals surface area contributed by atoms with Gasteiger partial charge in [-0.25, -0.2) is 22.0 Å². The molecule has 1 fully saturated rings. The smallest absolute Gasteiger partial charge is 0.407 e. The summed E-state index contributed by atoms with van der Waals surface area (Å²) in [6.45, 7) is 3.88. The maximum absolute atomic E-state index is 13.7. The highest BCUT2D eigenvalue weighted by molar-refractivity contribution is 7.91. The summed E-state index contributed by atoms with van der Waals surface area (Å²) in [5.74, 6) is -4.77. The molecule has 1 aromatic heterocycles. The van der Waals surface area contributed by atoms with Gasteiger partial charge in [0.05, 0.1) is 40.9 Å². The van der Waals surface area contributed by atoms with Crippen molar-refractivity contribution in [2.24, 2.45) is 0 Å². The molecule has 1 saturated heterocycles. The number of aromatic nitrogens is 1. The summed E-state index contributed by atoms with van der Waals surface area (Å²) < 4.78 is 58.3. The lowest BCUT2D eigenvalue weighted by atomic mass is 10.0. The van der Waals surface area contributed by atoms with E-state index in [4.69, 9.17) is 10.00 Å². The Balaban J connectivity index is 1.42. The Morgan fingerprint density at radius 1 is 1.09 bits per heavy atom. The van der Waals surface area contributed by atoms with Crippen molar-refractivity contribution in [2.45, 2.75) is 56.1 Å². The van der Waals surface area contributed by atoms with Crippen LogP contribution in [0.15, 0.2) is 59.6 Å². The Kier molecular flexibility index (Phi) is 9.72. The number of alkyl halides is 2. The van der Waals surface area contributed by atoms with Gasteiger partial charge < -0.3 is 20.3 Å². The number of fused-ring (bicyclic) bond motifs is 1. The fraction of sp³-hybridized carbons (Fsp3) is 0.387. The number of hydrogen-bond donors (Lipinski definition) is 2. The van der Waals surface area contributed by atoms with Crippen LogP contribution in [0.1, 0.15) is 44.0 Å². The number of likely N-dealkylation sites (tertiary alicyclic amines) is 1. The molecular weight excluding hydrogens is 608 g/mol. The van der Waals surface area contributed by atoms with Gasteiger partial charge in [-0.3, -0.25) is 14.6 Å². The minimum atomic E-state index is -3.62. The molecule has 1 atom stereocenters. The molecule has 238 valence electrons. The fourth-order valence-corrected chi connectivity index (χ4v) is 6.12. The summed E-state index contributed by atoms with van der Waals surface area (Å²) in [4.78, 5) is 42.5. The molecule has 3 amide bonds. The Hall–Kier alpha value is -4.64. The number of hydrogen-bond acceptors (Lipinski definition) is 8. The van der Waals surface area contributed by atoms with Gasteiger partial charge in [-0.2, -0.15) is 5.26 Å². The van der Waals surface area contributed by atoms with Gasteiger partial charge in [-0.1, -0.05) is 18.2 Å². The van der Waals surface area contributed by atoms with Gasteiger partial charge in [0.25, 0.3) is 11.8 Å². The quantitative estimate of drug-likeness (QED) is 0.331. The van der Waals surface area contributed by atoms with Crippen LogP contribution in [0.25, 0.3) is 22.0 Å². The zero-order chi connectivity index (χ0) is 33.0. The SMILES string of the molecule is CC(C)(C)OC(=O)NCCCS(=O)(=O)c1ccc(-c2ccc3nccc(C(=O)NCC(=O)N4CC(F)(F)C[C@H]4C#N)c3c2)cc1. The number of halogens is 2. The van der Waals surface area contributed by atoms with E-state index in [0.29, 0.717) is 22.0 Å². The number of nitriles is 1. The number of amides is 3. The van der Waals surface area contributed by atoms with Crippen LogP contribution >= 0.6 is 0 Å². The van der Waals surface area contributed by atoms with Gasteiger partial charge in [0.2, 0.25) is 5.91 Å². The summed E-state index contributed by atoms with van der Waals surface area (Å²) in [5, 5.41) is 14.6. The molecule has 0 radical (unpaired) electrons. The van der Waals surface area contributed by atoms with Crippen LogP contribution in [0.2, 0.25) is 0 Å². The first-order valence-electron chi connectivity index (χ1n) is 14.1. The molecule has 3 aromatic rings. The summed E-state index contributed by atoms with van der Waals surface area (Å²) in [7, 11) is -3.62. The van der Waals surface area contributed by atoms with Crippen LogP contribution < -0.4 is 10.6 Å². The first-order chi connectivity index (χ1) is 21.1. The average Bonchev–Trinajstić information content (AvgIpc) is 3.31. The number of pyridine rings is 1. The average molecular weight is 642 g/mol. The van der Waals surface area contributed by atoms with Crippen molar-refractivity contribution in [2.75, 3.05) is 25.4 Å². The van der Waals surface area contributed by atoms with Crippen LogP contribution in [0.5, 0.6) is 0 Å². The molecule has 2 aromatic carbocycles. The summed E-state index contributed by atoms with van der Waals surface area (Å²) in [6, 6.07) is 13.3. The molecule has 2 N–H and O–H groups in total. The Labute approximate surface area is 259 Å². The molecule has 45 heavy (non-hydrogen) atoms. The van der Waals surface area contributed by atoms with Gasteiger partial charge in [0, 0.05) is 24.5 Å². The predicted molar refractivity (Wildman–Crippen MR) is 161 cm³/mol. The van der Waals surface area contributed by atoms with E-state index in [1.54, 1.807) is 57.2 Å². The summed E-state index contributed by atoms with van der Waals surface area (Å²) in [6.07, 6.45) is 0.253. The largest absolute Gasteiger partial charge is 0.444 e. The van der Waals surface area contributed by atoms with Crippen LogP contribution in [0, 0.1) is 11.3 Å². The number of nitrogens with one attached hydrogen (secondary N) is 2. The van der Waals surface area contributed by atoms with Crippen molar-refractivity contribution in [1.29, 1.82) is 5.26 Å². The third-order valence-corrected chi connectivity index (χ3v) is 8.75. The van der Waals surface area contributed by atoms with Gasteiger partial charge in [-0.05, 0) is 68.7 Å². The number of ether oxygens (including phenoxy) is 1. The lowest BCUT2D eigenvalue weighted by Crippen LogP contribution is -2.43. The molecule has 4 rings (SSSR count). The number of nitrogens with zero attached hydrogens (tertiary/aromatic N) is 3. The fourth-order valence-electron chi connectivity index (χ4n) is 4.81. The van der Waals surface area contributed by atoms with Crippen molar-refractivity contribution < 1.29 is 36.3 Å². The van der Waals surface area contributed by atoms with Crippen LogP contribution in [-0.2, 0) is 19.4 Å². The second kappa shape index (κ2) is 13.2. The maximum Gasteiger partial charge on any atom is 0.407 e. The number of carbonyl (C=O) groups is 3. The maximum atomic E-state index is 13.7. The molecule has 0 saturated carbocycles. The van der Waals surface area contributed by atoms with Gasteiger partial charge in [0.15, 0.2) is 9.84 Å². The highest BCUT2D eigenvalue weighted by Crippen LogP contribution is 2.32. The number of sulfone groups is 1. The van der Waals surface area contributed by atoms with Crippen LogP contribution in [0.4, 0.5) is 13.6 Å². The summed E-state index contributed by atoms with van der Waals surface area (Å²) >= 11 is 0. The van der Waals surface area contributed by atoms with E-state index >= 15 is 0 Å². The first-order valence-corrected chi connectivity index (χ1v) is 15.8. The van der Waals surface area contributed by atoms with Crippen molar-refractivity contribution in [3.05, 3.63) is 60.3 Å². The second-order valence-electron chi connectivity index (χ2n) is 11.6.